The van der Waals surface area contributed by atoms with Crippen molar-refractivity contribution in [2.45, 2.75) is 13.1 Å². The first-order valence-electron chi connectivity index (χ1n) is 5.01. The Kier molecular flexibility index (Phi) is 2.73. The van der Waals surface area contributed by atoms with Gasteiger partial charge in [0.15, 0.2) is 0 Å². The SMILES string of the molecule is Cc1cc(C(=O)O)nc2c(C(F)(F)F)cccc12. The number of benzene rings is 1. The van der Waals surface area contributed by atoms with E-state index in [0.29, 0.717) is 10.9 Å². The normalized spacial score (nSPS) is 11.8. The van der Waals surface area contributed by atoms with Crippen molar-refractivity contribution in [3.63, 3.8) is 0 Å². The van der Waals surface area contributed by atoms with Crippen LogP contribution in [0.5, 0.6) is 0 Å². The van der Waals surface area contributed by atoms with Crippen LogP contribution in [0.1, 0.15) is 21.6 Å². The summed E-state index contributed by atoms with van der Waals surface area (Å²) in [5.74, 6) is -1.35. The molecule has 2 aromatic rings. The van der Waals surface area contributed by atoms with Gasteiger partial charge < -0.3 is 5.11 Å². The number of fused-ring (bicyclic) bond motifs is 1. The van der Waals surface area contributed by atoms with Gasteiger partial charge in [0.05, 0.1) is 11.1 Å². The van der Waals surface area contributed by atoms with E-state index < -0.39 is 23.4 Å². The lowest BCUT2D eigenvalue weighted by atomic mass is 10.0. The van der Waals surface area contributed by atoms with Crippen molar-refractivity contribution in [3.05, 3.63) is 41.1 Å². The van der Waals surface area contributed by atoms with Gasteiger partial charge in [0.25, 0.3) is 0 Å². The van der Waals surface area contributed by atoms with Crippen LogP contribution in [0.3, 0.4) is 0 Å². The maximum Gasteiger partial charge on any atom is 0.418 e. The van der Waals surface area contributed by atoms with Crippen LogP contribution in [-0.4, -0.2) is 16.1 Å². The van der Waals surface area contributed by atoms with Gasteiger partial charge in [-0.2, -0.15) is 13.2 Å². The number of para-hydroxylation sites is 1. The Morgan fingerprint density at radius 3 is 2.56 bits per heavy atom. The summed E-state index contributed by atoms with van der Waals surface area (Å²) in [5, 5.41) is 9.12. The summed E-state index contributed by atoms with van der Waals surface area (Å²) in [7, 11) is 0. The Bertz CT molecular complexity index is 635. The smallest absolute Gasteiger partial charge is 0.418 e. The molecule has 1 aromatic carbocycles. The molecule has 0 aliphatic heterocycles. The van der Waals surface area contributed by atoms with Gasteiger partial charge in [-0.25, -0.2) is 9.78 Å². The van der Waals surface area contributed by atoms with E-state index in [2.05, 4.69) is 4.98 Å². The van der Waals surface area contributed by atoms with Crippen LogP contribution in [0.2, 0.25) is 0 Å². The molecule has 0 amide bonds. The second kappa shape index (κ2) is 3.97. The van der Waals surface area contributed by atoms with E-state index in [1.807, 2.05) is 0 Å². The van der Waals surface area contributed by atoms with Gasteiger partial charge >= 0.3 is 12.1 Å². The summed E-state index contributed by atoms with van der Waals surface area (Å²) >= 11 is 0. The highest BCUT2D eigenvalue weighted by Gasteiger charge is 2.33. The van der Waals surface area contributed by atoms with Crippen molar-refractivity contribution < 1.29 is 23.1 Å². The first-order valence-corrected chi connectivity index (χ1v) is 5.01. The minimum atomic E-state index is -4.56. The van der Waals surface area contributed by atoms with Crippen LogP contribution < -0.4 is 0 Å². The van der Waals surface area contributed by atoms with Gasteiger partial charge in [-0.1, -0.05) is 12.1 Å². The Morgan fingerprint density at radius 2 is 2.00 bits per heavy atom. The number of nitrogens with zero attached hydrogens (tertiary/aromatic N) is 1. The van der Waals surface area contributed by atoms with Crippen molar-refractivity contribution in [3.8, 4) is 0 Å². The number of halogens is 3. The van der Waals surface area contributed by atoms with Crippen LogP contribution in [0, 0.1) is 6.92 Å². The molecule has 0 atom stereocenters. The first-order chi connectivity index (χ1) is 8.30. The molecule has 1 heterocycles. The minimum Gasteiger partial charge on any atom is -0.477 e. The summed E-state index contributed by atoms with van der Waals surface area (Å²) < 4.78 is 38.4. The zero-order valence-corrected chi connectivity index (χ0v) is 9.25. The average molecular weight is 255 g/mol. The largest absolute Gasteiger partial charge is 0.477 e. The van der Waals surface area contributed by atoms with Crippen molar-refractivity contribution in [1.82, 2.24) is 4.98 Å². The van der Waals surface area contributed by atoms with Crippen LogP contribution in [0.4, 0.5) is 13.2 Å². The molecule has 1 N–H and O–H groups in total. The molecule has 0 radical (unpaired) electrons. The number of aryl methyl sites for hydroxylation is 1. The minimum absolute atomic E-state index is 0.301. The molecular weight excluding hydrogens is 247 g/mol. The van der Waals surface area contributed by atoms with E-state index >= 15 is 0 Å². The first kappa shape index (κ1) is 12.3. The van der Waals surface area contributed by atoms with Gasteiger partial charge in [-0.3, -0.25) is 0 Å². The maximum atomic E-state index is 12.8. The number of alkyl halides is 3. The summed E-state index contributed by atoms with van der Waals surface area (Å²) in [6.07, 6.45) is -4.56. The highest BCUT2D eigenvalue weighted by molar-refractivity contribution is 5.92. The van der Waals surface area contributed by atoms with Crippen LogP contribution in [-0.2, 0) is 6.18 Å². The number of carboxylic acid groups (broad SMARTS) is 1. The van der Waals surface area contributed by atoms with E-state index in [0.717, 1.165) is 6.07 Å². The fraction of sp³-hybridized carbons (Fsp3) is 0.167. The second-order valence-corrected chi connectivity index (χ2v) is 3.83. The van der Waals surface area contributed by atoms with Crippen molar-refractivity contribution in [2.24, 2.45) is 0 Å². The standard InChI is InChI=1S/C12H8F3NO2/c1-6-5-9(11(17)18)16-10-7(6)3-2-4-8(10)12(13,14)15/h2-5H,1H3,(H,17,18). The zero-order valence-electron chi connectivity index (χ0n) is 9.25. The molecule has 1 aromatic heterocycles. The number of hydrogen-bond donors (Lipinski definition) is 1. The third kappa shape index (κ3) is 2.01. The molecule has 0 saturated carbocycles. The van der Waals surface area contributed by atoms with Crippen LogP contribution in [0.25, 0.3) is 10.9 Å². The molecule has 3 nitrogen and oxygen atoms in total. The second-order valence-electron chi connectivity index (χ2n) is 3.83. The van der Waals surface area contributed by atoms with Crippen molar-refractivity contribution in [2.75, 3.05) is 0 Å². The van der Waals surface area contributed by atoms with Gasteiger partial charge in [0.1, 0.15) is 5.69 Å². The van der Waals surface area contributed by atoms with E-state index in [-0.39, 0.29) is 5.52 Å². The summed E-state index contributed by atoms with van der Waals surface area (Å²) in [5.41, 5.74) is -1.20. The molecule has 0 fully saturated rings. The molecule has 2 rings (SSSR count). The summed E-state index contributed by atoms with van der Waals surface area (Å²) in [6, 6.07) is 4.91. The monoisotopic (exact) mass is 255 g/mol. The molecule has 0 bridgehead atoms. The third-order valence-electron chi connectivity index (χ3n) is 2.57. The average Bonchev–Trinajstić information content (AvgIpc) is 2.26. The zero-order chi connectivity index (χ0) is 13.5. The molecule has 0 saturated heterocycles. The van der Waals surface area contributed by atoms with E-state index in [1.165, 1.54) is 18.2 Å². The van der Waals surface area contributed by atoms with Gasteiger partial charge in [-0.05, 0) is 24.6 Å². The number of hydrogen-bond acceptors (Lipinski definition) is 2. The fourth-order valence-electron chi connectivity index (χ4n) is 1.76. The molecule has 18 heavy (non-hydrogen) atoms. The quantitative estimate of drug-likeness (QED) is 0.850. The molecule has 0 spiro atoms. The lowest BCUT2D eigenvalue weighted by Crippen LogP contribution is -2.09. The van der Waals surface area contributed by atoms with Gasteiger partial charge in [-0.15, -0.1) is 0 Å². The van der Waals surface area contributed by atoms with Crippen molar-refractivity contribution >= 4 is 16.9 Å². The molecule has 0 aliphatic carbocycles. The lowest BCUT2D eigenvalue weighted by Gasteiger charge is -2.11. The summed E-state index contributed by atoms with van der Waals surface area (Å²) in [4.78, 5) is 14.4. The lowest BCUT2D eigenvalue weighted by molar-refractivity contribution is -0.136. The number of rotatable bonds is 1. The maximum absolute atomic E-state index is 12.8. The van der Waals surface area contributed by atoms with Gasteiger partial charge in [0, 0.05) is 5.39 Å². The van der Waals surface area contributed by atoms with E-state index in [4.69, 9.17) is 5.11 Å². The molecular formula is C12H8F3NO2. The Hall–Kier alpha value is -2.11. The highest BCUT2D eigenvalue weighted by atomic mass is 19.4. The Labute approximate surface area is 99.9 Å². The topological polar surface area (TPSA) is 50.2 Å². The van der Waals surface area contributed by atoms with Crippen LogP contribution >= 0.6 is 0 Å². The Balaban J connectivity index is 2.86. The predicted molar refractivity (Wildman–Crippen MR) is 58.4 cm³/mol. The number of pyridine rings is 1. The van der Waals surface area contributed by atoms with E-state index in [1.54, 1.807) is 6.92 Å². The predicted octanol–water partition coefficient (Wildman–Crippen LogP) is 3.26. The number of aromatic nitrogens is 1. The van der Waals surface area contributed by atoms with Crippen LogP contribution in [0.15, 0.2) is 24.3 Å². The molecule has 6 heteroatoms. The van der Waals surface area contributed by atoms with Gasteiger partial charge in [0.2, 0.25) is 0 Å². The fourth-order valence-corrected chi connectivity index (χ4v) is 1.76. The number of aromatic carboxylic acids is 1. The third-order valence-corrected chi connectivity index (χ3v) is 2.57. The highest BCUT2D eigenvalue weighted by Crippen LogP contribution is 2.34. The number of carbonyl (C=O) groups is 1. The number of carboxylic acids is 1. The molecule has 0 aliphatic rings. The molecule has 0 unspecified atom stereocenters. The molecule has 94 valence electrons. The summed E-state index contributed by atoms with van der Waals surface area (Å²) in [6.45, 7) is 1.55. The van der Waals surface area contributed by atoms with E-state index in [9.17, 15) is 18.0 Å². The Morgan fingerprint density at radius 1 is 1.33 bits per heavy atom. The van der Waals surface area contributed by atoms with Crippen molar-refractivity contribution in [1.29, 1.82) is 0 Å².